The van der Waals surface area contributed by atoms with Crippen molar-refractivity contribution in [2.24, 2.45) is 0 Å². The van der Waals surface area contributed by atoms with E-state index in [1.54, 1.807) is 6.92 Å². The van der Waals surface area contributed by atoms with Crippen LogP contribution in [0.3, 0.4) is 0 Å². The SMILES string of the molecule is CC(O)(CCO)Cc1ccccc1N1CC1. The van der Waals surface area contributed by atoms with Gasteiger partial charge < -0.3 is 15.1 Å². The van der Waals surface area contributed by atoms with E-state index in [4.69, 9.17) is 5.11 Å². The lowest BCUT2D eigenvalue weighted by molar-refractivity contribution is 0.0339. The molecule has 1 fully saturated rings. The van der Waals surface area contributed by atoms with Gasteiger partial charge in [-0.25, -0.2) is 0 Å². The van der Waals surface area contributed by atoms with E-state index in [1.165, 1.54) is 11.3 Å². The van der Waals surface area contributed by atoms with E-state index >= 15 is 0 Å². The molecule has 3 heteroatoms. The maximum absolute atomic E-state index is 10.1. The molecule has 1 unspecified atom stereocenters. The van der Waals surface area contributed by atoms with Crippen LogP contribution in [0.2, 0.25) is 0 Å². The molecule has 1 atom stereocenters. The van der Waals surface area contributed by atoms with Crippen molar-refractivity contribution in [3.63, 3.8) is 0 Å². The number of para-hydroxylation sites is 1. The quantitative estimate of drug-likeness (QED) is 0.734. The van der Waals surface area contributed by atoms with E-state index in [2.05, 4.69) is 17.0 Å². The third-order valence-electron chi connectivity index (χ3n) is 3.00. The second-order valence-electron chi connectivity index (χ2n) is 4.76. The predicted octanol–water partition coefficient (Wildman–Crippen LogP) is 1.18. The number of hydrogen-bond donors (Lipinski definition) is 2. The van der Waals surface area contributed by atoms with E-state index in [1.807, 2.05) is 12.1 Å². The van der Waals surface area contributed by atoms with Crippen molar-refractivity contribution >= 4 is 5.69 Å². The largest absolute Gasteiger partial charge is 0.396 e. The second-order valence-corrected chi connectivity index (χ2v) is 4.76. The Balaban J connectivity index is 2.14. The standard InChI is InChI=1S/C13H19NO2/c1-13(16,6-9-15)10-11-4-2-3-5-12(11)14-7-8-14/h2-5,15-16H,6-10H2,1H3. The fourth-order valence-electron chi connectivity index (χ4n) is 2.00. The summed E-state index contributed by atoms with van der Waals surface area (Å²) in [5.74, 6) is 0. The minimum Gasteiger partial charge on any atom is -0.396 e. The Morgan fingerprint density at radius 3 is 2.62 bits per heavy atom. The van der Waals surface area contributed by atoms with Crippen LogP contribution in [0.4, 0.5) is 5.69 Å². The van der Waals surface area contributed by atoms with Crippen LogP contribution in [0, 0.1) is 0 Å². The number of aliphatic hydroxyl groups excluding tert-OH is 1. The van der Waals surface area contributed by atoms with Crippen LogP contribution in [0.15, 0.2) is 24.3 Å². The van der Waals surface area contributed by atoms with Gasteiger partial charge >= 0.3 is 0 Å². The number of rotatable bonds is 5. The van der Waals surface area contributed by atoms with Crippen molar-refractivity contribution in [2.45, 2.75) is 25.4 Å². The van der Waals surface area contributed by atoms with Gasteiger partial charge in [0, 0.05) is 31.8 Å². The molecule has 0 amide bonds. The van der Waals surface area contributed by atoms with Crippen LogP contribution < -0.4 is 4.90 Å². The summed E-state index contributed by atoms with van der Waals surface area (Å²) in [5, 5.41) is 19.0. The number of hydrogen-bond acceptors (Lipinski definition) is 3. The van der Waals surface area contributed by atoms with Crippen molar-refractivity contribution in [2.75, 3.05) is 24.6 Å². The van der Waals surface area contributed by atoms with Crippen LogP contribution >= 0.6 is 0 Å². The minimum absolute atomic E-state index is 0.0267. The van der Waals surface area contributed by atoms with Crippen LogP contribution in [-0.2, 0) is 6.42 Å². The summed E-state index contributed by atoms with van der Waals surface area (Å²) >= 11 is 0. The Morgan fingerprint density at radius 2 is 2.00 bits per heavy atom. The first-order chi connectivity index (χ1) is 7.62. The van der Waals surface area contributed by atoms with Gasteiger partial charge in [0.25, 0.3) is 0 Å². The fourth-order valence-corrected chi connectivity index (χ4v) is 2.00. The molecule has 0 radical (unpaired) electrons. The first kappa shape index (κ1) is 11.4. The molecule has 1 aromatic carbocycles. The molecule has 2 N–H and O–H groups in total. The molecule has 0 aromatic heterocycles. The van der Waals surface area contributed by atoms with Gasteiger partial charge in [-0.15, -0.1) is 0 Å². The number of nitrogens with zero attached hydrogens (tertiary/aromatic N) is 1. The molecule has 16 heavy (non-hydrogen) atoms. The maximum Gasteiger partial charge on any atom is 0.0682 e. The van der Waals surface area contributed by atoms with Crippen molar-refractivity contribution in [1.82, 2.24) is 0 Å². The first-order valence-corrected chi connectivity index (χ1v) is 5.78. The first-order valence-electron chi connectivity index (χ1n) is 5.78. The summed E-state index contributed by atoms with van der Waals surface area (Å²) in [7, 11) is 0. The Labute approximate surface area is 96.3 Å². The van der Waals surface area contributed by atoms with Crippen LogP contribution in [0.5, 0.6) is 0 Å². The molecule has 1 aliphatic rings. The summed E-state index contributed by atoms with van der Waals surface area (Å²) in [6.07, 6.45) is 1.02. The highest BCUT2D eigenvalue weighted by Gasteiger charge is 2.25. The van der Waals surface area contributed by atoms with E-state index in [9.17, 15) is 5.11 Å². The van der Waals surface area contributed by atoms with Gasteiger partial charge in [0.05, 0.1) is 5.60 Å². The Hall–Kier alpha value is -1.06. The average Bonchev–Trinajstić information content (AvgIpc) is 3.01. The van der Waals surface area contributed by atoms with Gasteiger partial charge in [0.2, 0.25) is 0 Å². The van der Waals surface area contributed by atoms with Gasteiger partial charge in [-0.05, 0) is 25.0 Å². The third kappa shape index (κ3) is 2.74. The summed E-state index contributed by atoms with van der Waals surface area (Å²) in [4.78, 5) is 2.28. The zero-order valence-corrected chi connectivity index (χ0v) is 9.69. The van der Waals surface area contributed by atoms with Gasteiger partial charge in [-0.3, -0.25) is 0 Å². The van der Waals surface area contributed by atoms with E-state index in [0.717, 1.165) is 13.1 Å². The molecule has 1 heterocycles. The lowest BCUT2D eigenvalue weighted by Gasteiger charge is -2.24. The Kier molecular flexibility index (Phi) is 3.17. The van der Waals surface area contributed by atoms with Gasteiger partial charge in [0.15, 0.2) is 0 Å². The van der Waals surface area contributed by atoms with Crippen LogP contribution in [0.1, 0.15) is 18.9 Å². The molecule has 1 aromatic rings. The topological polar surface area (TPSA) is 43.5 Å². The average molecular weight is 221 g/mol. The fraction of sp³-hybridized carbons (Fsp3) is 0.538. The van der Waals surface area contributed by atoms with Crippen molar-refractivity contribution < 1.29 is 10.2 Å². The predicted molar refractivity (Wildman–Crippen MR) is 64.7 cm³/mol. The van der Waals surface area contributed by atoms with Crippen molar-refractivity contribution in [1.29, 1.82) is 0 Å². The van der Waals surface area contributed by atoms with E-state index < -0.39 is 5.60 Å². The molecule has 1 aliphatic heterocycles. The number of anilines is 1. The second kappa shape index (κ2) is 4.44. The molecule has 0 bridgehead atoms. The monoisotopic (exact) mass is 221 g/mol. The van der Waals surface area contributed by atoms with Crippen molar-refractivity contribution in [3.8, 4) is 0 Å². The van der Waals surface area contributed by atoms with E-state index in [0.29, 0.717) is 12.8 Å². The summed E-state index contributed by atoms with van der Waals surface area (Å²) in [6, 6.07) is 8.17. The lowest BCUT2D eigenvalue weighted by atomic mass is 9.92. The molecule has 1 saturated heterocycles. The molecule has 0 spiro atoms. The smallest absolute Gasteiger partial charge is 0.0682 e. The molecular weight excluding hydrogens is 202 g/mol. The number of aliphatic hydroxyl groups is 2. The summed E-state index contributed by atoms with van der Waals surface area (Å²) < 4.78 is 0. The molecule has 0 aliphatic carbocycles. The Bertz CT molecular complexity index is 359. The summed E-state index contributed by atoms with van der Waals surface area (Å²) in [6.45, 7) is 4.03. The third-order valence-corrected chi connectivity index (χ3v) is 3.00. The van der Waals surface area contributed by atoms with Crippen LogP contribution in [-0.4, -0.2) is 35.5 Å². The minimum atomic E-state index is -0.819. The van der Waals surface area contributed by atoms with Gasteiger partial charge in [0.1, 0.15) is 0 Å². The lowest BCUT2D eigenvalue weighted by Crippen LogP contribution is -2.28. The zero-order valence-electron chi connectivity index (χ0n) is 9.69. The van der Waals surface area contributed by atoms with E-state index in [-0.39, 0.29) is 6.61 Å². The highest BCUT2D eigenvalue weighted by molar-refractivity contribution is 5.58. The van der Waals surface area contributed by atoms with Crippen molar-refractivity contribution in [3.05, 3.63) is 29.8 Å². The normalized spacial score (nSPS) is 18.3. The molecule has 3 nitrogen and oxygen atoms in total. The van der Waals surface area contributed by atoms with Crippen LogP contribution in [0.25, 0.3) is 0 Å². The highest BCUT2D eigenvalue weighted by atomic mass is 16.3. The maximum atomic E-state index is 10.1. The molecule has 0 saturated carbocycles. The van der Waals surface area contributed by atoms with Gasteiger partial charge in [-0.2, -0.15) is 0 Å². The molecule has 2 rings (SSSR count). The zero-order chi connectivity index (χ0) is 11.6. The molecule has 88 valence electrons. The number of benzene rings is 1. The van der Waals surface area contributed by atoms with Gasteiger partial charge in [-0.1, -0.05) is 18.2 Å². The Morgan fingerprint density at radius 1 is 1.31 bits per heavy atom. The molecular formula is C13H19NO2. The highest BCUT2D eigenvalue weighted by Crippen LogP contribution is 2.29. The summed E-state index contributed by atoms with van der Waals surface area (Å²) in [5.41, 5.74) is 1.57.